The van der Waals surface area contributed by atoms with Crippen molar-refractivity contribution in [3.8, 4) is 0 Å². The van der Waals surface area contributed by atoms with E-state index in [1.54, 1.807) is 6.20 Å². The van der Waals surface area contributed by atoms with E-state index >= 15 is 0 Å². The minimum atomic E-state index is -0.180. The molecule has 0 saturated carbocycles. The third kappa shape index (κ3) is 2.79. The van der Waals surface area contributed by atoms with Gasteiger partial charge >= 0.3 is 0 Å². The Morgan fingerprint density at radius 3 is 2.94 bits per heavy atom. The molecular formula is C13H19N3OS. The van der Waals surface area contributed by atoms with E-state index in [4.69, 9.17) is 22.7 Å². The highest BCUT2D eigenvalue weighted by Gasteiger charge is 2.32. The van der Waals surface area contributed by atoms with Crippen LogP contribution in [0.2, 0.25) is 0 Å². The summed E-state index contributed by atoms with van der Waals surface area (Å²) in [6, 6.07) is 3.92. The van der Waals surface area contributed by atoms with Crippen LogP contribution in [0.1, 0.15) is 26.5 Å². The lowest BCUT2D eigenvalue weighted by Crippen LogP contribution is -2.52. The second kappa shape index (κ2) is 4.82. The van der Waals surface area contributed by atoms with Crippen LogP contribution in [0.3, 0.4) is 0 Å². The van der Waals surface area contributed by atoms with Gasteiger partial charge in [0.2, 0.25) is 0 Å². The molecule has 1 fully saturated rings. The van der Waals surface area contributed by atoms with Crippen LogP contribution in [0.5, 0.6) is 0 Å². The predicted molar refractivity (Wildman–Crippen MR) is 77.0 cm³/mol. The van der Waals surface area contributed by atoms with Crippen molar-refractivity contribution in [1.29, 1.82) is 0 Å². The zero-order valence-electron chi connectivity index (χ0n) is 11.0. The van der Waals surface area contributed by atoms with Crippen molar-refractivity contribution in [2.75, 3.05) is 18.0 Å². The first-order valence-corrected chi connectivity index (χ1v) is 6.47. The molecule has 1 aliphatic rings. The predicted octanol–water partition coefficient (Wildman–Crippen LogP) is 1.72. The van der Waals surface area contributed by atoms with Crippen molar-refractivity contribution in [3.63, 3.8) is 0 Å². The number of ether oxygens (including phenoxy) is 1. The Morgan fingerprint density at radius 2 is 2.33 bits per heavy atom. The van der Waals surface area contributed by atoms with Crippen LogP contribution in [0.15, 0.2) is 18.3 Å². The average Bonchev–Trinajstić information content (AvgIpc) is 2.26. The highest BCUT2D eigenvalue weighted by Crippen LogP contribution is 2.27. The zero-order chi connectivity index (χ0) is 13.3. The number of nitrogens with zero attached hydrogens (tertiary/aromatic N) is 2. The first-order valence-electron chi connectivity index (χ1n) is 6.06. The zero-order valence-corrected chi connectivity index (χ0v) is 11.8. The summed E-state index contributed by atoms with van der Waals surface area (Å²) in [6.07, 6.45) is 1.89. The van der Waals surface area contributed by atoms with Gasteiger partial charge in [-0.2, -0.15) is 0 Å². The van der Waals surface area contributed by atoms with E-state index in [1.165, 1.54) is 0 Å². The maximum Gasteiger partial charge on any atom is 0.124 e. The van der Waals surface area contributed by atoms with Crippen molar-refractivity contribution >= 4 is 22.9 Å². The standard InChI is InChI=1S/C13H19N3OS/c1-9-7-16(8-13(2,3)17-9)10-5-4-6-15-11(10)12(14)18/h4-6,9H,7-8H2,1-3H3,(H2,14,18). The number of nitrogens with two attached hydrogens (primary N) is 1. The molecule has 1 aromatic rings. The molecule has 4 nitrogen and oxygen atoms in total. The fourth-order valence-corrected chi connectivity index (χ4v) is 2.64. The van der Waals surface area contributed by atoms with E-state index in [2.05, 4.69) is 30.7 Å². The number of aromatic nitrogens is 1. The van der Waals surface area contributed by atoms with Gasteiger partial charge in [-0.05, 0) is 32.9 Å². The Bertz CT molecular complexity index is 461. The van der Waals surface area contributed by atoms with Crippen molar-refractivity contribution < 1.29 is 4.74 Å². The van der Waals surface area contributed by atoms with Crippen LogP contribution in [0.25, 0.3) is 0 Å². The van der Waals surface area contributed by atoms with Crippen LogP contribution in [0.4, 0.5) is 5.69 Å². The summed E-state index contributed by atoms with van der Waals surface area (Å²) in [5, 5.41) is 0. The van der Waals surface area contributed by atoms with Crippen LogP contribution < -0.4 is 10.6 Å². The summed E-state index contributed by atoms with van der Waals surface area (Å²) in [6.45, 7) is 7.88. The highest BCUT2D eigenvalue weighted by atomic mass is 32.1. The molecule has 0 spiro atoms. The lowest BCUT2D eigenvalue weighted by molar-refractivity contribution is -0.0749. The number of hydrogen-bond acceptors (Lipinski definition) is 4. The Hall–Kier alpha value is -1.20. The molecule has 1 aromatic heterocycles. The van der Waals surface area contributed by atoms with Gasteiger partial charge in [-0.1, -0.05) is 12.2 Å². The molecule has 98 valence electrons. The molecule has 2 N–H and O–H groups in total. The summed E-state index contributed by atoms with van der Waals surface area (Å²) in [7, 11) is 0. The maximum atomic E-state index is 5.90. The second-order valence-corrected chi connectivity index (χ2v) is 5.74. The Labute approximate surface area is 113 Å². The molecule has 1 unspecified atom stereocenters. The summed E-state index contributed by atoms with van der Waals surface area (Å²) >= 11 is 5.06. The van der Waals surface area contributed by atoms with Gasteiger partial charge in [0.15, 0.2) is 0 Å². The molecule has 1 aliphatic heterocycles. The molecular weight excluding hydrogens is 246 g/mol. The van der Waals surface area contributed by atoms with Crippen LogP contribution in [-0.2, 0) is 4.74 Å². The van der Waals surface area contributed by atoms with Crippen molar-refractivity contribution in [2.45, 2.75) is 32.5 Å². The lowest BCUT2D eigenvalue weighted by atomic mass is 10.0. The van der Waals surface area contributed by atoms with Crippen molar-refractivity contribution in [1.82, 2.24) is 4.98 Å². The summed E-state index contributed by atoms with van der Waals surface area (Å²) in [5.41, 5.74) is 7.24. The van der Waals surface area contributed by atoms with E-state index in [-0.39, 0.29) is 11.7 Å². The summed E-state index contributed by atoms with van der Waals surface area (Å²) < 4.78 is 5.90. The molecule has 2 rings (SSSR count). The van der Waals surface area contributed by atoms with Gasteiger partial charge in [-0.15, -0.1) is 0 Å². The van der Waals surface area contributed by atoms with E-state index in [9.17, 15) is 0 Å². The fraction of sp³-hybridized carbons (Fsp3) is 0.538. The van der Waals surface area contributed by atoms with E-state index in [1.807, 2.05) is 12.1 Å². The number of hydrogen-bond donors (Lipinski definition) is 1. The molecule has 0 aromatic carbocycles. The monoisotopic (exact) mass is 265 g/mol. The number of morpholine rings is 1. The normalized spacial score (nSPS) is 22.8. The minimum absolute atomic E-state index is 0.174. The molecule has 2 heterocycles. The number of thiocarbonyl (C=S) groups is 1. The fourth-order valence-electron chi connectivity index (χ4n) is 2.48. The van der Waals surface area contributed by atoms with Gasteiger partial charge < -0.3 is 15.4 Å². The molecule has 0 aliphatic carbocycles. The first kappa shape index (κ1) is 13.2. The third-order valence-electron chi connectivity index (χ3n) is 2.93. The SMILES string of the molecule is CC1CN(c2cccnc2C(N)=S)CC(C)(C)O1. The van der Waals surface area contributed by atoms with E-state index in [0.29, 0.717) is 10.7 Å². The Kier molecular flexibility index (Phi) is 3.54. The van der Waals surface area contributed by atoms with Gasteiger partial charge in [-0.25, -0.2) is 0 Å². The molecule has 0 radical (unpaired) electrons. The number of anilines is 1. The average molecular weight is 265 g/mol. The number of rotatable bonds is 2. The van der Waals surface area contributed by atoms with Crippen LogP contribution in [0, 0.1) is 0 Å². The molecule has 0 bridgehead atoms. The topological polar surface area (TPSA) is 51.4 Å². The second-order valence-electron chi connectivity index (χ2n) is 5.30. The molecule has 0 amide bonds. The molecule has 5 heteroatoms. The summed E-state index contributed by atoms with van der Waals surface area (Å²) in [4.78, 5) is 6.86. The Balaban J connectivity index is 2.34. The smallest absolute Gasteiger partial charge is 0.124 e. The Morgan fingerprint density at radius 1 is 1.61 bits per heavy atom. The maximum absolute atomic E-state index is 5.90. The van der Waals surface area contributed by atoms with Crippen LogP contribution in [-0.4, -0.2) is 34.8 Å². The van der Waals surface area contributed by atoms with Crippen molar-refractivity contribution in [2.24, 2.45) is 5.73 Å². The van der Waals surface area contributed by atoms with Crippen LogP contribution >= 0.6 is 12.2 Å². The van der Waals surface area contributed by atoms with Gasteiger partial charge in [0.05, 0.1) is 17.4 Å². The van der Waals surface area contributed by atoms with E-state index < -0.39 is 0 Å². The molecule has 1 atom stereocenters. The third-order valence-corrected chi connectivity index (χ3v) is 3.12. The largest absolute Gasteiger partial charge is 0.388 e. The number of pyridine rings is 1. The molecule has 18 heavy (non-hydrogen) atoms. The summed E-state index contributed by atoms with van der Waals surface area (Å²) in [5.74, 6) is 0. The van der Waals surface area contributed by atoms with Gasteiger partial charge in [0, 0.05) is 19.3 Å². The van der Waals surface area contributed by atoms with Gasteiger partial charge in [-0.3, -0.25) is 4.98 Å². The van der Waals surface area contributed by atoms with Crippen molar-refractivity contribution in [3.05, 3.63) is 24.0 Å². The highest BCUT2D eigenvalue weighted by molar-refractivity contribution is 7.80. The lowest BCUT2D eigenvalue weighted by Gasteiger charge is -2.43. The van der Waals surface area contributed by atoms with Gasteiger partial charge in [0.1, 0.15) is 10.7 Å². The first-order chi connectivity index (χ1) is 8.39. The minimum Gasteiger partial charge on any atom is -0.388 e. The molecule has 1 saturated heterocycles. The van der Waals surface area contributed by atoms with Gasteiger partial charge in [0.25, 0.3) is 0 Å². The van der Waals surface area contributed by atoms with E-state index in [0.717, 1.165) is 18.8 Å². The quantitative estimate of drug-likeness (QED) is 0.825.